The van der Waals surface area contributed by atoms with E-state index in [2.05, 4.69) is 6.92 Å². The summed E-state index contributed by atoms with van der Waals surface area (Å²) in [5.41, 5.74) is 1.12. The van der Waals surface area contributed by atoms with Gasteiger partial charge in [0, 0.05) is 6.42 Å². The van der Waals surface area contributed by atoms with E-state index >= 15 is 0 Å². The number of hydrogen-bond acceptors (Lipinski definition) is 1. The molecule has 1 aromatic carbocycles. The van der Waals surface area contributed by atoms with Crippen LogP contribution in [0.3, 0.4) is 0 Å². The average Bonchev–Trinajstić information content (AvgIpc) is 2.25. The highest BCUT2D eigenvalue weighted by molar-refractivity contribution is 5.28. The van der Waals surface area contributed by atoms with E-state index in [0.717, 1.165) is 24.8 Å². The van der Waals surface area contributed by atoms with Crippen molar-refractivity contribution < 1.29 is 5.11 Å². The zero-order chi connectivity index (χ0) is 10.2. The topological polar surface area (TPSA) is 20.2 Å². The fourth-order valence-corrected chi connectivity index (χ4v) is 1.20. The van der Waals surface area contributed by atoms with Gasteiger partial charge in [-0.05, 0) is 18.4 Å². The monoisotopic (exact) mass is 189 g/mol. The largest absolute Gasteiger partial charge is 0.387 e. The van der Waals surface area contributed by atoms with Crippen LogP contribution < -0.4 is 0 Å². The zero-order valence-corrected chi connectivity index (χ0v) is 8.61. The second kappa shape index (κ2) is 6.61. The third-order valence-corrected chi connectivity index (χ3v) is 2.05. The Labute approximate surface area is 86.8 Å². The molecule has 0 saturated carbocycles. The molecule has 1 heteroatoms. The molecule has 0 saturated heterocycles. The van der Waals surface area contributed by atoms with Gasteiger partial charge in [-0.15, -0.1) is 0 Å². The lowest BCUT2D eigenvalue weighted by Gasteiger charge is -2.07. The second-order valence-corrected chi connectivity index (χ2v) is 3.34. The van der Waals surface area contributed by atoms with Gasteiger partial charge in [-0.2, -0.15) is 0 Å². The Kier molecular flexibility index (Phi) is 5.31. The van der Waals surface area contributed by atoms with Crippen molar-refractivity contribution in [3.63, 3.8) is 0 Å². The molecule has 1 rings (SSSR count). The van der Waals surface area contributed by atoms with Gasteiger partial charge in [0.15, 0.2) is 0 Å². The highest BCUT2D eigenvalue weighted by Crippen LogP contribution is 2.15. The van der Waals surface area contributed by atoms with Crippen molar-refractivity contribution >= 4 is 0 Å². The van der Waals surface area contributed by atoms with Gasteiger partial charge in [-0.3, -0.25) is 0 Å². The molecular weight excluding hydrogens is 172 g/mol. The van der Waals surface area contributed by atoms with Crippen LogP contribution in [-0.4, -0.2) is 5.11 Å². The maximum Gasteiger partial charge on any atom is 0.0974 e. The van der Waals surface area contributed by atoms with E-state index in [-0.39, 0.29) is 0 Å². The fraction of sp³-hybridized carbons (Fsp3) is 0.308. The molecule has 0 fully saturated rings. The standard InChI is InChI=1S/C13H17O/c1-2-3-9-13(14)11-10-12-7-5-4-6-8-12/h4-8,10-11,14H,2-3,9H2,1H3. The Hall–Kier alpha value is -0.820. The van der Waals surface area contributed by atoms with Gasteiger partial charge >= 0.3 is 0 Å². The number of rotatable bonds is 6. The van der Waals surface area contributed by atoms with Crippen molar-refractivity contribution in [3.05, 3.63) is 54.8 Å². The molecule has 3 radical (unpaired) electrons. The van der Waals surface area contributed by atoms with Crippen LogP contribution in [0, 0.1) is 18.9 Å². The van der Waals surface area contributed by atoms with Crippen LogP contribution in [0.15, 0.2) is 30.3 Å². The summed E-state index contributed by atoms with van der Waals surface area (Å²) >= 11 is 0. The first-order valence-corrected chi connectivity index (χ1v) is 5.11. The normalized spacial score (nSPS) is 10.8. The Balaban J connectivity index is 2.20. The SMILES string of the molecule is CCCC[C](O)[CH][CH]c1ccccc1. The second-order valence-electron chi connectivity index (χ2n) is 3.34. The molecule has 0 bridgehead atoms. The maximum absolute atomic E-state index is 9.47. The van der Waals surface area contributed by atoms with E-state index in [9.17, 15) is 5.11 Å². The summed E-state index contributed by atoms with van der Waals surface area (Å²) in [6, 6.07) is 10.00. The van der Waals surface area contributed by atoms with Crippen LogP contribution in [-0.2, 0) is 0 Å². The van der Waals surface area contributed by atoms with Crippen molar-refractivity contribution in [3.8, 4) is 0 Å². The van der Waals surface area contributed by atoms with E-state index in [1.165, 1.54) is 0 Å². The van der Waals surface area contributed by atoms with Crippen LogP contribution in [0.4, 0.5) is 0 Å². The molecule has 0 aliphatic heterocycles. The van der Waals surface area contributed by atoms with E-state index in [1.807, 2.05) is 36.8 Å². The molecule has 0 amide bonds. The average molecular weight is 189 g/mol. The molecular formula is C13H17O. The van der Waals surface area contributed by atoms with Crippen LogP contribution >= 0.6 is 0 Å². The van der Waals surface area contributed by atoms with Crippen LogP contribution in [0.1, 0.15) is 31.7 Å². The summed E-state index contributed by atoms with van der Waals surface area (Å²) in [6.45, 7) is 2.12. The summed E-state index contributed by atoms with van der Waals surface area (Å²) in [5.74, 6) is 0. The molecule has 0 heterocycles. The van der Waals surface area contributed by atoms with E-state index in [0.29, 0.717) is 6.10 Å². The van der Waals surface area contributed by atoms with Gasteiger partial charge in [-0.1, -0.05) is 50.1 Å². The first-order valence-electron chi connectivity index (χ1n) is 5.11. The highest BCUT2D eigenvalue weighted by atomic mass is 16.3. The fourth-order valence-electron chi connectivity index (χ4n) is 1.20. The summed E-state index contributed by atoms with van der Waals surface area (Å²) in [6.07, 6.45) is 7.13. The summed E-state index contributed by atoms with van der Waals surface area (Å²) in [4.78, 5) is 0. The predicted octanol–water partition coefficient (Wildman–Crippen LogP) is 3.54. The molecule has 0 spiro atoms. The lowest BCUT2D eigenvalue weighted by atomic mass is 10.0. The zero-order valence-electron chi connectivity index (χ0n) is 8.61. The molecule has 1 nitrogen and oxygen atoms in total. The Morgan fingerprint density at radius 3 is 2.64 bits per heavy atom. The summed E-state index contributed by atoms with van der Waals surface area (Å²) < 4.78 is 0. The summed E-state index contributed by atoms with van der Waals surface area (Å²) in [7, 11) is 0. The molecule has 0 aliphatic carbocycles. The number of hydrogen-bond donors (Lipinski definition) is 1. The predicted molar refractivity (Wildman–Crippen MR) is 58.8 cm³/mol. The highest BCUT2D eigenvalue weighted by Gasteiger charge is 2.05. The molecule has 0 atom stereocenters. The molecule has 75 valence electrons. The van der Waals surface area contributed by atoms with E-state index < -0.39 is 0 Å². The van der Waals surface area contributed by atoms with Crippen molar-refractivity contribution in [1.29, 1.82) is 0 Å². The van der Waals surface area contributed by atoms with Crippen molar-refractivity contribution in [2.24, 2.45) is 0 Å². The van der Waals surface area contributed by atoms with E-state index in [4.69, 9.17) is 0 Å². The third-order valence-electron chi connectivity index (χ3n) is 2.05. The van der Waals surface area contributed by atoms with Gasteiger partial charge in [0.25, 0.3) is 0 Å². The molecule has 14 heavy (non-hydrogen) atoms. The third kappa shape index (κ3) is 4.43. The minimum atomic E-state index is 0.468. The molecule has 0 aliphatic rings. The maximum atomic E-state index is 9.47. The Morgan fingerprint density at radius 2 is 2.00 bits per heavy atom. The van der Waals surface area contributed by atoms with Gasteiger partial charge in [0.1, 0.15) is 0 Å². The number of aliphatic hydroxyl groups excluding tert-OH is 1. The number of aliphatic hydroxyl groups is 1. The van der Waals surface area contributed by atoms with Crippen LogP contribution in [0.5, 0.6) is 0 Å². The molecule has 1 aromatic rings. The quantitative estimate of drug-likeness (QED) is 0.725. The lowest BCUT2D eigenvalue weighted by Crippen LogP contribution is -1.97. The van der Waals surface area contributed by atoms with Crippen LogP contribution in [0.25, 0.3) is 0 Å². The van der Waals surface area contributed by atoms with E-state index in [1.54, 1.807) is 6.42 Å². The Bertz CT molecular complexity index is 230. The molecule has 0 unspecified atom stereocenters. The van der Waals surface area contributed by atoms with Gasteiger partial charge in [-0.25, -0.2) is 0 Å². The van der Waals surface area contributed by atoms with Gasteiger partial charge < -0.3 is 5.11 Å². The van der Waals surface area contributed by atoms with Gasteiger partial charge in [0.2, 0.25) is 0 Å². The van der Waals surface area contributed by atoms with Crippen molar-refractivity contribution in [1.82, 2.24) is 0 Å². The number of unbranched alkanes of at least 4 members (excludes halogenated alkanes) is 1. The van der Waals surface area contributed by atoms with Crippen LogP contribution in [0.2, 0.25) is 0 Å². The Morgan fingerprint density at radius 1 is 1.29 bits per heavy atom. The lowest BCUT2D eigenvalue weighted by molar-refractivity contribution is 0.303. The first kappa shape index (κ1) is 11.3. The van der Waals surface area contributed by atoms with Gasteiger partial charge in [0.05, 0.1) is 6.10 Å². The van der Waals surface area contributed by atoms with Crippen molar-refractivity contribution in [2.75, 3.05) is 0 Å². The molecule has 1 N–H and O–H groups in total. The number of benzene rings is 1. The first-order chi connectivity index (χ1) is 6.83. The molecule has 0 aromatic heterocycles. The summed E-state index contributed by atoms with van der Waals surface area (Å²) in [5, 5.41) is 9.47. The minimum Gasteiger partial charge on any atom is -0.387 e. The smallest absolute Gasteiger partial charge is 0.0974 e. The van der Waals surface area contributed by atoms with Crippen molar-refractivity contribution in [2.45, 2.75) is 26.2 Å². The minimum absolute atomic E-state index is 0.468.